The molecule has 6 nitrogen and oxygen atoms in total. The fourth-order valence-corrected chi connectivity index (χ4v) is 1.68. The van der Waals surface area contributed by atoms with Gasteiger partial charge >= 0.3 is 0 Å². The maximum Gasteiger partial charge on any atom is 0.258 e. The van der Waals surface area contributed by atoms with Crippen molar-refractivity contribution in [2.75, 3.05) is 14.2 Å². The molecule has 0 amide bonds. The van der Waals surface area contributed by atoms with Crippen LogP contribution in [0.5, 0.6) is 11.5 Å². The van der Waals surface area contributed by atoms with Crippen LogP contribution in [0.25, 0.3) is 10.9 Å². The van der Waals surface area contributed by atoms with E-state index in [9.17, 15) is 9.90 Å². The van der Waals surface area contributed by atoms with Crippen LogP contribution in [0, 0.1) is 0 Å². The molecule has 1 heterocycles. The fourth-order valence-electron chi connectivity index (χ4n) is 1.68. The van der Waals surface area contributed by atoms with Crippen LogP contribution in [-0.4, -0.2) is 29.3 Å². The second-order valence-electron chi connectivity index (χ2n) is 3.85. The summed E-state index contributed by atoms with van der Waals surface area (Å²) < 4.78 is 10.3. The third kappa shape index (κ3) is 2.02. The number of aromatic nitrogens is 2. The molecule has 0 fully saturated rings. The Hall–Kier alpha value is -2.08. The molecule has 0 aliphatic heterocycles. The first kappa shape index (κ1) is 12.4. The number of H-pyrrole nitrogens is 1. The van der Waals surface area contributed by atoms with Crippen molar-refractivity contribution >= 4 is 10.9 Å². The zero-order valence-corrected chi connectivity index (χ0v) is 10.4. The SMILES string of the molecule is COc1cc2nc([C@H](C)O)[nH]c(=O)c2cc1OC. The van der Waals surface area contributed by atoms with Crippen molar-refractivity contribution in [1.82, 2.24) is 9.97 Å². The van der Waals surface area contributed by atoms with E-state index < -0.39 is 6.10 Å². The summed E-state index contributed by atoms with van der Waals surface area (Å²) in [5.74, 6) is 1.17. The van der Waals surface area contributed by atoms with E-state index in [0.717, 1.165) is 0 Å². The highest BCUT2D eigenvalue weighted by molar-refractivity contribution is 5.81. The van der Waals surface area contributed by atoms with Gasteiger partial charge in [0.15, 0.2) is 11.5 Å². The van der Waals surface area contributed by atoms with Crippen LogP contribution in [0.4, 0.5) is 0 Å². The van der Waals surface area contributed by atoms with Crippen molar-refractivity contribution in [2.45, 2.75) is 13.0 Å². The topological polar surface area (TPSA) is 84.4 Å². The van der Waals surface area contributed by atoms with Crippen LogP contribution >= 0.6 is 0 Å². The monoisotopic (exact) mass is 250 g/mol. The first-order chi connectivity index (χ1) is 8.56. The van der Waals surface area contributed by atoms with E-state index in [-0.39, 0.29) is 11.4 Å². The standard InChI is InChI=1S/C12H14N2O4/c1-6(15)11-13-8-5-10(18-3)9(17-2)4-7(8)12(16)14-11/h4-6,15H,1-3H3,(H,13,14,16)/t6-/m0/s1. The zero-order chi connectivity index (χ0) is 13.3. The van der Waals surface area contributed by atoms with Gasteiger partial charge < -0.3 is 19.6 Å². The number of benzene rings is 1. The van der Waals surface area contributed by atoms with Crippen molar-refractivity contribution in [3.63, 3.8) is 0 Å². The normalized spacial score (nSPS) is 12.4. The molecule has 0 saturated carbocycles. The van der Waals surface area contributed by atoms with Crippen molar-refractivity contribution < 1.29 is 14.6 Å². The summed E-state index contributed by atoms with van der Waals surface area (Å²) in [6.45, 7) is 1.53. The highest BCUT2D eigenvalue weighted by Gasteiger charge is 2.12. The molecule has 2 aromatic rings. The Morgan fingerprint density at radius 1 is 1.28 bits per heavy atom. The second-order valence-corrected chi connectivity index (χ2v) is 3.85. The summed E-state index contributed by atoms with van der Waals surface area (Å²) in [5, 5.41) is 9.83. The Labute approximate surface area is 103 Å². The number of aromatic amines is 1. The Morgan fingerprint density at radius 2 is 1.89 bits per heavy atom. The Kier molecular flexibility index (Phi) is 3.20. The number of hydrogen-bond acceptors (Lipinski definition) is 5. The summed E-state index contributed by atoms with van der Waals surface area (Å²) in [6.07, 6.45) is -0.838. The molecule has 2 N–H and O–H groups in total. The van der Waals surface area contributed by atoms with Crippen LogP contribution in [-0.2, 0) is 0 Å². The van der Waals surface area contributed by atoms with E-state index in [1.165, 1.54) is 21.1 Å². The molecule has 0 aliphatic rings. The van der Waals surface area contributed by atoms with Gasteiger partial charge in [0.25, 0.3) is 5.56 Å². The molecule has 0 unspecified atom stereocenters. The molecule has 0 radical (unpaired) electrons. The number of nitrogens with one attached hydrogen (secondary N) is 1. The van der Waals surface area contributed by atoms with Gasteiger partial charge in [-0.25, -0.2) is 4.98 Å². The summed E-state index contributed by atoms with van der Waals surface area (Å²) in [6, 6.07) is 3.17. The molecule has 0 spiro atoms. The predicted octanol–water partition coefficient (Wildman–Crippen LogP) is 0.994. The molecule has 1 aromatic heterocycles. The average molecular weight is 250 g/mol. The van der Waals surface area contributed by atoms with Crippen LogP contribution in [0.15, 0.2) is 16.9 Å². The first-order valence-corrected chi connectivity index (χ1v) is 5.41. The molecule has 0 aliphatic carbocycles. The Morgan fingerprint density at radius 3 is 2.44 bits per heavy atom. The zero-order valence-electron chi connectivity index (χ0n) is 10.4. The van der Waals surface area contributed by atoms with Crippen molar-refractivity contribution in [3.05, 3.63) is 28.3 Å². The van der Waals surface area contributed by atoms with Gasteiger partial charge in [-0.15, -0.1) is 0 Å². The minimum absolute atomic E-state index is 0.222. The Bertz CT molecular complexity index is 634. The van der Waals surface area contributed by atoms with Gasteiger partial charge in [-0.3, -0.25) is 4.79 Å². The molecule has 18 heavy (non-hydrogen) atoms. The van der Waals surface area contributed by atoms with Gasteiger partial charge in [-0.05, 0) is 13.0 Å². The van der Waals surface area contributed by atoms with Crippen LogP contribution in [0.3, 0.4) is 0 Å². The quantitative estimate of drug-likeness (QED) is 0.848. The maximum absolute atomic E-state index is 11.9. The van der Waals surface area contributed by atoms with Crippen LogP contribution in [0.2, 0.25) is 0 Å². The lowest BCUT2D eigenvalue weighted by Gasteiger charge is -2.10. The molecule has 0 bridgehead atoms. The van der Waals surface area contributed by atoms with Gasteiger partial charge in [0.05, 0.1) is 25.1 Å². The number of aliphatic hydroxyl groups excluding tert-OH is 1. The molecule has 96 valence electrons. The molecular formula is C12H14N2O4. The summed E-state index contributed by atoms with van der Waals surface area (Å²) in [7, 11) is 3.00. The van der Waals surface area contributed by atoms with E-state index in [2.05, 4.69) is 9.97 Å². The molecule has 0 saturated heterocycles. The maximum atomic E-state index is 11.9. The lowest BCUT2D eigenvalue weighted by molar-refractivity contribution is 0.189. The van der Waals surface area contributed by atoms with Gasteiger partial charge in [0.2, 0.25) is 0 Å². The number of nitrogens with zero attached hydrogens (tertiary/aromatic N) is 1. The van der Waals surface area contributed by atoms with E-state index >= 15 is 0 Å². The first-order valence-electron chi connectivity index (χ1n) is 5.41. The number of fused-ring (bicyclic) bond motifs is 1. The van der Waals surface area contributed by atoms with Crippen LogP contribution in [0.1, 0.15) is 18.9 Å². The number of hydrogen-bond donors (Lipinski definition) is 2. The number of aliphatic hydroxyl groups is 1. The Balaban J connectivity index is 2.76. The van der Waals surface area contributed by atoms with Gasteiger partial charge in [0.1, 0.15) is 11.9 Å². The fraction of sp³-hybridized carbons (Fsp3) is 0.333. The third-order valence-corrected chi connectivity index (χ3v) is 2.62. The number of rotatable bonds is 3. The number of methoxy groups -OCH3 is 2. The summed E-state index contributed by atoms with van der Waals surface area (Å²) in [4.78, 5) is 18.6. The second kappa shape index (κ2) is 4.66. The van der Waals surface area contributed by atoms with Crippen molar-refractivity contribution in [3.8, 4) is 11.5 Å². The largest absolute Gasteiger partial charge is 0.493 e. The molecule has 2 rings (SSSR count). The highest BCUT2D eigenvalue weighted by Crippen LogP contribution is 2.30. The minimum atomic E-state index is -0.838. The average Bonchev–Trinajstić information content (AvgIpc) is 2.36. The smallest absolute Gasteiger partial charge is 0.258 e. The van der Waals surface area contributed by atoms with E-state index in [0.29, 0.717) is 22.4 Å². The molecule has 6 heteroatoms. The predicted molar refractivity (Wildman–Crippen MR) is 66.1 cm³/mol. The van der Waals surface area contributed by atoms with Gasteiger partial charge in [-0.2, -0.15) is 0 Å². The van der Waals surface area contributed by atoms with E-state index in [4.69, 9.17) is 9.47 Å². The van der Waals surface area contributed by atoms with Crippen molar-refractivity contribution in [2.24, 2.45) is 0 Å². The number of ether oxygens (including phenoxy) is 2. The molecule has 1 atom stereocenters. The van der Waals surface area contributed by atoms with Gasteiger partial charge in [-0.1, -0.05) is 0 Å². The van der Waals surface area contributed by atoms with Crippen LogP contribution < -0.4 is 15.0 Å². The lowest BCUT2D eigenvalue weighted by Crippen LogP contribution is -2.13. The van der Waals surface area contributed by atoms with Gasteiger partial charge in [0, 0.05) is 6.07 Å². The molecule has 1 aromatic carbocycles. The van der Waals surface area contributed by atoms with E-state index in [1.807, 2.05) is 0 Å². The highest BCUT2D eigenvalue weighted by atomic mass is 16.5. The minimum Gasteiger partial charge on any atom is -0.493 e. The van der Waals surface area contributed by atoms with Crippen molar-refractivity contribution in [1.29, 1.82) is 0 Å². The lowest BCUT2D eigenvalue weighted by atomic mass is 10.2. The summed E-state index contributed by atoms with van der Waals surface area (Å²) in [5.41, 5.74) is 0.129. The van der Waals surface area contributed by atoms with E-state index in [1.54, 1.807) is 12.1 Å². The molecular weight excluding hydrogens is 236 g/mol. The summed E-state index contributed by atoms with van der Waals surface area (Å²) >= 11 is 0. The third-order valence-electron chi connectivity index (χ3n) is 2.62.